The first-order valence-electron chi connectivity index (χ1n) is 5.91. The van der Waals surface area contributed by atoms with E-state index in [1.54, 1.807) is 11.7 Å². The Morgan fingerprint density at radius 3 is 2.95 bits per heavy atom. The molecule has 0 aliphatic heterocycles. The van der Waals surface area contributed by atoms with Crippen molar-refractivity contribution in [2.75, 3.05) is 6.61 Å². The number of hydrogen-bond donors (Lipinski definition) is 1. The average Bonchev–Trinajstić information content (AvgIpc) is 2.70. The molecule has 0 unspecified atom stereocenters. The molecule has 1 aromatic heterocycles. The molecule has 0 fully saturated rings. The van der Waals surface area contributed by atoms with Crippen LogP contribution in [0.4, 0.5) is 5.69 Å². The number of aryl methyl sites for hydroxylation is 1. The third kappa shape index (κ3) is 2.88. The Bertz CT molecular complexity index is 606. The zero-order valence-electron chi connectivity index (χ0n) is 10.9. The maximum Gasteiger partial charge on any atom is 0.280 e. The van der Waals surface area contributed by atoms with Crippen LogP contribution in [0.15, 0.2) is 18.3 Å². The first-order valence-corrected chi connectivity index (χ1v) is 5.91. The number of nitrogens with zero attached hydrogens (tertiary/aromatic N) is 3. The monoisotopic (exact) mass is 264 g/mol. The van der Waals surface area contributed by atoms with Gasteiger partial charge in [0, 0.05) is 19.2 Å². The van der Waals surface area contributed by atoms with Crippen molar-refractivity contribution in [1.29, 1.82) is 0 Å². The second-order valence-corrected chi connectivity index (χ2v) is 4.57. The van der Waals surface area contributed by atoms with Crippen LogP contribution in [0.25, 0.3) is 10.9 Å². The summed E-state index contributed by atoms with van der Waals surface area (Å²) in [6.07, 6.45) is 1.50. The fourth-order valence-electron chi connectivity index (χ4n) is 1.88. The van der Waals surface area contributed by atoms with Crippen LogP contribution in [0, 0.1) is 10.1 Å². The van der Waals surface area contributed by atoms with Crippen molar-refractivity contribution in [3.8, 4) is 0 Å². The van der Waals surface area contributed by atoms with E-state index in [1.165, 1.54) is 12.3 Å². The summed E-state index contributed by atoms with van der Waals surface area (Å²) >= 11 is 0. The highest BCUT2D eigenvalue weighted by Crippen LogP contribution is 2.27. The van der Waals surface area contributed by atoms with E-state index in [2.05, 4.69) is 5.10 Å². The zero-order chi connectivity index (χ0) is 14.0. The minimum atomic E-state index is -0.404. The van der Waals surface area contributed by atoms with E-state index in [0.717, 1.165) is 5.56 Å². The lowest BCUT2D eigenvalue weighted by Gasteiger charge is -2.07. The van der Waals surface area contributed by atoms with Crippen LogP contribution in [0.2, 0.25) is 0 Å². The van der Waals surface area contributed by atoms with E-state index in [4.69, 9.17) is 10.5 Å². The van der Waals surface area contributed by atoms with E-state index >= 15 is 0 Å². The zero-order valence-corrected chi connectivity index (χ0v) is 10.9. The average molecular weight is 264 g/mol. The number of ether oxygens (including phenoxy) is 1. The number of hydrogen-bond acceptors (Lipinski definition) is 5. The topological polar surface area (TPSA) is 96.2 Å². The van der Waals surface area contributed by atoms with Gasteiger partial charge in [0.15, 0.2) is 0 Å². The van der Waals surface area contributed by atoms with Crippen LogP contribution in [0.5, 0.6) is 0 Å². The van der Waals surface area contributed by atoms with Gasteiger partial charge < -0.3 is 10.5 Å². The van der Waals surface area contributed by atoms with Gasteiger partial charge in [-0.1, -0.05) is 0 Å². The number of benzene rings is 1. The van der Waals surface area contributed by atoms with Gasteiger partial charge >= 0.3 is 0 Å². The summed E-state index contributed by atoms with van der Waals surface area (Å²) in [6.45, 7) is 2.55. The molecule has 1 atom stereocenters. The Labute approximate surface area is 110 Å². The first kappa shape index (κ1) is 13.4. The van der Waals surface area contributed by atoms with Crippen molar-refractivity contribution >= 4 is 16.6 Å². The van der Waals surface area contributed by atoms with Gasteiger partial charge in [-0.25, -0.2) is 0 Å². The maximum absolute atomic E-state index is 11.1. The molecule has 2 aromatic rings. The van der Waals surface area contributed by atoms with Crippen molar-refractivity contribution in [3.63, 3.8) is 0 Å². The van der Waals surface area contributed by atoms with Gasteiger partial charge in [0.25, 0.3) is 5.69 Å². The van der Waals surface area contributed by atoms with Gasteiger partial charge in [-0.05, 0) is 18.6 Å². The number of nitro benzene ring substituents is 1. The van der Waals surface area contributed by atoms with Crippen LogP contribution < -0.4 is 5.73 Å². The van der Waals surface area contributed by atoms with Gasteiger partial charge in [-0.3, -0.25) is 14.8 Å². The molecular weight excluding hydrogens is 248 g/mol. The number of nitrogens with two attached hydrogens (primary N) is 1. The molecule has 0 saturated carbocycles. The minimum absolute atomic E-state index is 0.0463. The molecule has 102 valence electrons. The molecule has 0 spiro atoms. The molecule has 0 amide bonds. The Morgan fingerprint density at radius 1 is 1.58 bits per heavy atom. The summed E-state index contributed by atoms with van der Waals surface area (Å²) in [5.41, 5.74) is 7.09. The number of nitro groups is 1. The third-order valence-electron chi connectivity index (χ3n) is 2.75. The van der Waals surface area contributed by atoms with Crippen molar-refractivity contribution < 1.29 is 9.66 Å². The molecule has 1 heterocycles. The van der Waals surface area contributed by atoms with Gasteiger partial charge in [-0.2, -0.15) is 5.10 Å². The van der Waals surface area contributed by atoms with E-state index in [0.29, 0.717) is 24.1 Å². The Hall–Kier alpha value is -1.99. The highest BCUT2D eigenvalue weighted by molar-refractivity contribution is 5.88. The largest absolute Gasteiger partial charge is 0.375 e. The molecule has 0 bridgehead atoms. The lowest BCUT2D eigenvalue weighted by molar-refractivity contribution is -0.383. The summed E-state index contributed by atoms with van der Waals surface area (Å²) < 4.78 is 7.01. The Kier molecular flexibility index (Phi) is 3.77. The molecule has 0 aliphatic carbocycles. The first-order chi connectivity index (χ1) is 8.99. The Morgan fingerprint density at radius 2 is 2.32 bits per heavy atom. The molecule has 7 heteroatoms. The molecule has 1 aromatic carbocycles. The van der Waals surface area contributed by atoms with Gasteiger partial charge in [0.1, 0.15) is 0 Å². The summed E-state index contributed by atoms with van der Waals surface area (Å²) in [6, 6.07) is 3.30. The van der Waals surface area contributed by atoms with Crippen LogP contribution in [0.1, 0.15) is 12.5 Å². The normalized spacial score (nSPS) is 12.8. The SMILES string of the molecule is C[C@@H](N)COCc1cc([N+](=O)[O-])c2cnn(C)c2c1. The summed E-state index contributed by atoms with van der Waals surface area (Å²) in [5, 5.41) is 15.6. The molecule has 2 N–H and O–H groups in total. The standard InChI is InChI=1S/C12H16N4O3/c1-8(13)6-19-7-9-3-11-10(5-14-15(11)2)12(4-9)16(17)18/h3-5,8H,6-7,13H2,1-2H3/t8-/m1/s1. The van der Waals surface area contributed by atoms with Crippen molar-refractivity contribution in [2.45, 2.75) is 19.6 Å². The van der Waals surface area contributed by atoms with Gasteiger partial charge in [0.2, 0.25) is 0 Å². The van der Waals surface area contributed by atoms with Crippen LogP contribution in [-0.2, 0) is 18.4 Å². The third-order valence-corrected chi connectivity index (χ3v) is 2.75. The quantitative estimate of drug-likeness (QED) is 0.649. The van der Waals surface area contributed by atoms with Crippen molar-refractivity contribution in [1.82, 2.24) is 9.78 Å². The second-order valence-electron chi connectivity index (χ2n) is 4.57. The van der Waals surface area contributed by atoms with E-state index in [1.807, 2.05) is 13.0 Å². The molecule has 19 heavy (non-hydrogen) atoms. The smallest absolute Gasteiger partial charge is 0.280 e. The van der Waals surface area contributed by atoms with Gasteiger partial charge in [-0.15, -0.1) is 0 Å². The predicted molar refractivity (Wildman–Crippen MR) is 70.7 cm³/mol. The lowest BCUT2D eigenvalue weighted by atomic mass is 10.1. The molecule has 7 nitrogen and oxygen atoms in total. The number of rotatable bonds is 5. The second kappa shape index (κ2) is 5.33. The van der Waals surface area contributed by atoms with E-state index in [9.17, 15) is 10.1 Å². The van der Waals surface area contributed by atoms with Gasteiger partial charge in [0.05, 0.1) is 35.2 Å². The maximum atomic E-state index is 11.1. The number of non-ortho nitro benzene ring substituents is 1. The molecular formula is C12H16N4O3. The van der Waals surface area contributed by atoms with Crippen LogP contribution in [-0.4, -0.2) is 27.4 Å². The fourth-order valence-corrected chi connectivity index (χ4v) is 1.88. The van der Waals surface area contributed by atoms with Crippen molar-refractivity contribution in [2.24, 2.45) is 12.8 Å². The highest BCUT2D eigenvalue weighted by atomic mass is 16.6. The number of fused-ring (bicyclic) bond motifs is 1. The molecule has 0 saturated heterocycles. The fraction of sp³-hybridized carbons (Fsp3) is 0.417. The minimum Gasteiger partial charge on any atom is -0.375 e. The summed E-state index contributed by atoms with van der Waals surface area (Å²) in [4.78, 5) is 10.7. The lowest BCUT2D eigenvalue weighted by Crippen LogP contribution is -2.21. The Balaban J connectivity index is 2.34. The van der Waals surface area contributed by atoms with Crippen LogP contribution >= 0.6 is 0 Å². The summed E-state index contributed by atoms with van der Waals surface area (Å²) in [5.74, 6) is 0. The number of aromatic nitrogens is 2. The highest BCUT2D eigenvalue weighted by Gasteiger charge is 2.16. The van der Waals surface area contributed by atoms with Crippen molar-refractivity contribution in [3.05, 3.63) is 34.0 Å². The van der Waals surface area contributed by atoms with E-state index in [-0.39, 0.29) is 11.7 Å². The molecule has 0 aliphatic rings. The summed E-state index contributed by atoms with van der Waals surface area (Å²) in [7, 11) is 1.75. The predicted octanol–water partition coefficient (Wildman–Crippen LogP) is 1.35. The molecule has 0 radical (unpaired) electrons. The molecule has 2 rings (SSSR count). The van der Waals surface area contributed by atoms with Crippen LogP contribution in [0.3, 0.4) is 0 Å². The van der Waals surface area contributed by atoms with E-state index < -0.39 is 4.92 Å².